The third kappa shape index (κ3) is 5.15. The van der Waals surface area contributed by atoms with Gasteiger partial charge in [-0.05, 0) is 25.3 Å². The van der Waals surface area contributed by atoms with Gasteiger partial charge in [-0.2, -0.15) is 8.78 Å². The molecule has 1 heterocycles. The fourth-order valence-corrected chi connectivity index (χ4v) is 4.46. The molecule has 2 aliphatic rings. The van der Waals surface area contributed by atoms with E-state index in [2.05, 4.69) is 14.5 Å². The molecule has 2 fully saturated rings. The third-order valence-corrected chi connectivity index (χ3v) is 5.70. The molecule has 6 heteroatoms. The number of halogens is 2. The van der Waals surface area contributed by atoms with Crippen molar-refractivity contribution >= 4 is 0 Å². The average molecular weight is 368 g/mol. The predicted molar refractivity (Wildman–Crippen MR) is 97.4 cm³/mol. The second-order valence-electron chi connectivity index (χ2n) is 7.42. The number of rotatable bonds is 7. The molecule has 0 radical (unpaired) electrons. The molecule has 1 aromatic rings. The SMILES string of the molecule is OCC[C@@H]1CN(Cc2ccccc2OC(F)F)CCN1C1CCCCC1. The zero-order chi connectivity index (χ0) is 18.4. The van der Waals surface area contributed by atoms with Crippen LogP contribution in [0.25, 0.3) is 0 Å². The lowest BCUT2D eigenvalue weighted by molar-refractivity contribution is -0.0512. The average Bonchev–Trinajstić information content (AvgIpc) is 2.64. The maximum Gasteiger partial charge on any atom is 0.387 e. The van der Waals surface area contributed by atoms with E-state index in [1.54, 1.807) is 12.1 Å². The number of alkyl halides is 2. The molecule has 1 atom stereocenters. The number of piperazine rings is 1. The van der Waals surface area contributed by atoms with Gasteiger partial charge in [0, 0.05) is 50.4 Å². The maximum absolute atomic E-state index is 12.6. The summed E-state index contributed by atoms with van der Waals surface area (Å²) in [5.74, 6) is 0.260. The molecule has 1 aliphatic carbocycles. The molecule has 26 heavy (non-hydrogen) atoms. The third-order valence-electron chi connectivity index (χ3n) is 5.70. The zero-order valence-electron chi connectivity index (χ0n) is 15.3. The Morgan fingerprint density at radius 3 is 2.62 bits per heavy atom. The molecule has 1 aromatic carbocycles. The van der Waals surface area contributed by atoms with Crippen LogP contribution in [0.3, 0.4) is 0 Å². The second-order valence-corrected chi connectivity index (χ2v) is 7.42. The van der Waals surface area contributed by atoms with E-state index in [1.165, 1.54) is 32.1 Å². The first-order valence-electron chi connectivity index (χ1n) is 9.79. The van der Waals surface area contributed by atoms with Gasteiger partial charge in [0.25, 0.3) is 0 Å². The highest BCUT2D eigenvalue weighted by molar-refractivity contribution is 5.33. The monoisotopic (exact) mass is 368 g/mol. The molecule has 0 spiro atoms. The summed E-state index contributed by atoms with van der Waals surface area (Å²) < 4.78 is 29.9. The number of para-hydroxylation sites is 1. The van der Waals surface area contributed by atoms with Crippen LogP contribution in [-0.4, -0.2) is 59.8 Å². The predicted octanol–water partition coefficient (Wildman–Crippen LogP) is 3.49. The van der Waals surface area contributed by atoms with Crippen molar-refractivity contribution in [2.24, 2.45) is 0 Å². The Morgan fingerprint density at radius 2 is 1.88 bits per heavy atom. The van der Waals surface area contributed by atoms with Gasteiger partial charge in [0.2, 0.25) is 0 Å². The highest BCUT2D eigenvalue weighted by Gasteiger charge is 2.32. The summed E-state index contributed by atoms with van der Waals surface area (Å²) in [7, 11) is 0. The van der Waals surface area contributed by atoms with Crippen LogP contribution in [-0.2, 0) is 6.54 Å². The highest BCUT2D eigenvalue weighted by Crippen LogP contribution is 2.28. The first-order valence-corrected chi connectivity index (χ1v) is 9.79. The van der Waals surface area contributed by atoms with Crippen molar-refractivity contribution in [3.8, 4) is 5.75 Å². The van der Waals surface area contributed by atoms with Gasteiger partial charge in [-0.1, -0.05) is 37.5 Å². The number of ether oxygens (including phenoxy) is 1. The van der Waals surface area contributed by atoms with Crippen molar-refractivity contribution in [1.82, 2.24) is 9.80 Å². The quantitative estimate of drug-likeness (QED) is 0.799. The minimum atomic E-state index is -2.80. The summed E-state index contributed by atoms with van der Waals surface area (Å²) in [5, 5.41) is 9.51. The lowest BCUT2D eigenvalue weighted by atomic mass is 9.91. The van der Waals surface area contributed by atoms with Gasteiger partial charge in [0.05, 0.1) is 0 Å². The Kier molecular flexibility index (Phi) is 7.23. The number of hydrogen-bond donors (Lipinski definition) is 1. The summed E-state index contributed by atoms with van der Waals surface area (Å²) in [6.07, 6.45) is 7.22. The zero-order valence-corrected chi connectivity index (χ0v) is 15.3. The highest BCUT2D eigenvalue weighted by atomic mass is 19.3. The van der Waals surface area contributed by atoms with Gasteiger partial charge in [-0.3, -0.25) is 9.80 Å². The fourth-order valence-electron chi connectivity index (χ4n) is 4.46. The van der Waals surface area contributed by atoms with Crippen molar-refractivity contribution in [1.29, 1.82) is 0 Å². The van der Waals surface area contributed by atoms with Gasteiger partial charge in [0.15, 0.2) is 0 Å². The Bertz CT molecular complexity index is 552. The lowest BCUT2D eigenvalue weighted by Gasteiger charge is -2.46. The molecule has 0 unspecified atom stereocenters. The number of aliphatic hydroxyl groups is 1. The standard InChI is InChI=1S/C20H30F2N2O2/c21-20(22)26-19-9-5-4-6-16(19)14-23-11-12-24(18(15-23)10-13-25)17-7-2-1-3-8-17/h4-6,9,17-18,20,25H,1-3,7-8,10-15H2/t18-/m1/s1. The van der Waals surface area contributed by atoms with Crippen molar-refractivity contribution < 1.29 is 18.6 Å². The molecule has 4 nitrogen and oxygen atoms in total. The van der Waals surface area contributed by atoms with Crippen LogP contribution < -0.4 is 4.74 Å². The summed E-state index contributed by atoms with van der Waals surface area (Å²) >= 11 is 0. The van der Waals surface area contributed by atoms with E-state index in [0.717, 1.165) is 31.6 Å². The molecule has 0 amide bonds. The molecule has 3 rings (SSSR count). The molecule has 0 aromatic heterocycles. The van der Waals surface area contributed by atoms with E-state index < -0.39 is 6.61 Å². The number of nitrogens with zero attached hydrogens (tertiary/aromatic N) is 2. The van der Waals surface area contributed by atoms with Crippen LogP contribution in [0.2, 0.25) is 0 Å². The topological polar surface area (TPSA) is 35.9 Å². The molecule has 0 bridgehead atoms. The minimum absolute atomic E-state index is 0.187. The van der Waals surface area contributed by atoms with E-state index in [0.29, 0.717) is 18.6 Å². The number of benzene rings is 1. The molecule has 1 N–H and O–H groups in total. The second kappa shape index (κ2) is 9.62. The van der Waals surface area contributed by atoms with Crippen LogP contribution in [0.15, 0.2) is 24.3 Å². The summed E-state index contributed by atoms with van der Waals surface area (Å²) in [5.41, 5.74) is 0.793. The number of hydrogen-bond acceptors (Lipinski definition) is 4. The molecule has 1 aliphatic heterocycles. The molecule has 1 saturated carbocycles. The molecular weight excluding hydrogens is 338 g/mol. The van der Waals surface area contributed by atoms with E-state index >= 15 is 0 Å². The maximum atomic E-state index is 12.6. The smallest absolute Gasteiger partial charge is 0.387 e. The van der Waals surface area contributed by atoms with Crippen LogP contribution in [0.1, 0.15) is 44.1 Å². The van der Waals surface area contributed by atoms with Gasteiger partial charge in [-0.15, -0.1) is 0 Å². The van der Waals surface area contributed by atoms with E-state index in [4.69, 9.17) is 0 Å². The first kappa shape index (κ1) is 19.5. The summed E-state index contributed by atoms with van der Waals surface area (Å²) in [6, 6.07) is 8.00. The lowest BCUT2D eigenvalue weighted by Crippen LogP contribution is -2.56. The van der Waals surface area contributed by atoms with Gasteiger partial charge >= 0.3 is 6.61 Å². The largest absolute Gasteiger partial charge is 0.434 e. The van der Waals surface area contributed by atoms with Crippen LogP contribution in [0, 0.1) is 0 Å². The van der Waals surface area contributed by atoms with Crippen molar-refractivity contribution in [3.63, 3.8) is 0 Å². The van der Waals surface area contributed by atoms with Gasteiger partial charge in [0.1, 0.15) is 5.75 Å². The van der Waals surface area contributed by atoms with Crippen molar-refractivity contribution in [3.05, 3.63) is 29.8 Å². The Hall–Kier alpha value is -1.24. The van der Waals surface area contributed by atoms with Gasteiger partial charge < -0.3 is 9.84 Å². The molecular formula is C20H30F2N2O2. The summed E-state index contributed by atoms with van der Waals surface area (Å²) in [6.45, 7) is 0.742. The summed E-state index contributed by atoms with van der Waals surface area (Å²) in [4.78, 5) is 4.89. The van der Waals surface area contributed by atoms with Crippen LogP contribution in [0.4, 0.5) is 8.78 Å². The first-order chi connectivity index (χ1) is 12.7. The van der Waals surface area contributed by atoms with Crippen molar-refractivity contribution in [2.45, 2.75) is 63.8 Å². The normalized spacial score (nSPS) is 23.5. The van der Waals surface area contributed by atoms with Crippen molar-refractivity contribution in [2.75, 3.05) is 26.2 Å². The Morgan fingerprint density at radius 1 is 1.12 bits per heavy atom. The number of aliphatic hydroxyl groups excluding tert-OH is 1. The van der Waals surface area contributed by atoms with Crippen LogP contribution >= 0.6 is 0 Å². The van der Waals surface area contributed by atoms with E-state index in [9.17, 15) is 13.9 Å². The Balaban J connectivity index is 1.64. The molecule has 1 saturated heterocycles. The minimum Gasteiger partial charge on any atom is -0.434 e. The van der Waals surface area contributed by atoms with E-state index in [1.807, 2.05) is 12.1 Å². The van der Waals surface area contributed by atoms with Crippen LogP contribution in [0.5, 0.6) is 5.75 Å². The Labute approximate surface area is 154 Å². The molecule has 146 valence electrons. The van der Waals surface area contributed by atoms with Gasteiger partial charge in [-0.25, -0.2) is 0 Å². The fraction of sp³-hybridized carbons (Fsp3) is 0.700. The van der Waals surface area contributed by atoms with E-state index in [-0.39, 0.29) is 12.4 Å².